The van der Waals surface area contributed by atoms with Gasteiger partial charge in [0.1, 0.15) is 12.4 Å². The highest BCUT2D eigenvalue weighted by Crippen LogP contribution is 2.21. The summed E-state index contributed by atoms with van der Waals surface area (Å²) in [6, 6.07) is 27.3. The standard InChI is InChI=1S/C27H25N3O4S/c1-20(22-8-7-12-25(18-22)34-19-24-11-5-6-17-28-24)29-27(31)21-13-15-26(16-14-21)35(32,33)30-23-9-3-2-4-10-23/h2-18,20,30H,19H2,1H3,(H,29,31). The van der Waals surface area contributed by atoms with Crippen molar-refractivity contribution in [3.63, 3.8) is 0 Å². The van der Waals surface area contributed by atoms with Crippen molar-refractivity contribution in [2.45, 2.75) is 24.5 Å². The molecular formula is C27H25N3O4S. The number of sulfonamides is 1. The molecule has 0 aliphatic carbocycles. The largest absolute Gasteiger partial charge is 0.487 e. The first-order valence-corrected chi connectivity index (χ1v) is 12.5. The number of ether oxygens (including phenoxy) is 1. The number of benzene rings is 3. The number of hydrogen-bond acceptors (Lipinski definition) is 5. The van der Waals surface area contributed by atoms with Gasteiger partial charge >= 0.3 is 0 Å². The van der Waals surface area contributed by atoms with E-state index in [1.165, 1.54) is 24.3 Å². The number of pyridine rings is 1. The molecule has 7 nitrogen and oxygen atoms in total. The first-order valence-electron chi connectivity index (χ1n) is 11.0. The number of anilines is 1. The minimum Gasteiger partial charge on any atom is -0.487 e. The number of rotatable bonds is 9. The van der Waals surface area contributed by atoms with Gasteiger partial charge in [0.15, 0.2) is 0 Å². The number of aromatic nitrogens is 1. The summed E-state index contributed by atoms with van der Waals surface area (Å²) in [6.45, 7) is 2.22. The molecule has 0 fully saturated rings. The van der Waals surface area contributed by atoms with Crippen LogP contribution >= 0.6 is 0 Å². The summed E-state index contributed by atoms with van der Waals surface area (Å²) in [5.74, 6) is 0.368. The van der Waals surface area contributed by atoms with Crippen molar-refractivity contribution in [2.75, 3.05) is 4.72 Å². The fourth-order valence-electron chi connectivity index (χ4n) is 3.38. The number of para-hydroxylation sites is 1. The van der Waals surface area contributed by atoms with E-state index in [4.69, 9.17) is 4.74 Å². The van der Waals surface area contributed by atoms with Gasteiger partial charge in [-0.3, -0.25) is 14.5 Å². The van der Waals surface area contributed by atoms with E-state index < -0.39 is 10.0 Å². The van der Waals surface area contributed by atoms with Crippen molar-refractivity contribution >= 4 is 21.6 Å². The molecule has 35 heavy (non-hydrogen) atoms. The predicted molar refractivity (Wildman–Crippen MR) is 135 cm³/mol. The average Bonchev–Trinajstić information content (AvgIpc) is 2.88. The summed E-state index contributed by atoms with van der Waals surface area (Å²) in [4.78, 5) is 17.1. The topological polar surface area (TPSA) is 97.4 Å². The lowest BCUT2D eigenvalue weighted by atomic mass is 10.1. The quantitative estimate of drug-likeness (QED) is 0.348. The maximum atomic E-state index is 12.8. The fourth-order valence-corrected chi connectivity index (χ4v) is 4.44. The molecule has 0 bridgehead atoms. The van der Waals surface area contributed by atoms with E-state index in [1.54, 1.807) is 36.5 Å². The van der Waals surface area contributed by atoms with Gasteiger partial charge in [0.25, 0.3) is 15.9 Å². The molecule has 0 saturated heterocycles. The van der Waals surface area contributed by atoms with Gasteiger partial charge in [-0.1, -0.05) is 36.4 Å². The summed E-state index contributed by atoms with van der Waals surface area (Å²) in [6.07, 6.45) is 1.72. The van der Waals surface area contributed by atoms with Crippen LogP contribution in [0.3, 0.4) is 0 Å². The summed E-state index contributed by atoms with van der Waals surface area (Å²) >= 11 is 0. The zero-order valence-corrected chi connectivity index (χ0v) is 19.9. The van der Waals surface area contributed by atoms with Crippen LogP contribution in [0.2, 0.25) is 0 Å². The molecular weight excluding hydrogens is 462 g/mol. The van der Waals surface area contributed by atoms with Crippen LogP contribution in [-0.2, 0) is 16.6 Å². The van der Waals surface area contributed by atoms with Crippen molar-refractivity contribution in [1.29, 1.82) is 0 Å². The fraction of sp³-hybridized carbons (Fsp3) is 0.111. The summed E-state index contributed by atoms with van der Waals surface area (Å²) in [7, 11) is -3.75. The molecule has 3 aromatic carbocycles. The third-order valence-electron chi connectivity index (χ3n) is 5.27. The Hall–Kier alpha value is -4.17. The lowest BCUT2D eigenvalue weighted by molar-refractivity contribution is 0.0939. The number of hydrogen-bond donors (Lipinski definition) is 2. The maximum Gasteiger partial charge on any atom is 0.261 e. The van der Waals surface area contributed by atoms with Gasteiger partial charge in [0.2, 0.25) is 0 Å². The Labute approximate surface area is 204 Å². The Kier molecular flexibility index (Phi) is 7.42. The Morgan fingerprint density at radius 3 is 2.37 bits per heavy atom. The second kappa shape index (κ2) is 10.8. The third-order valence-corrected chi connectivity index (χ3v) is 6.67. The van der Waals surface area contributed by atoms with Gasteiger partial charge < -0.3 is 10.1 Å². The molecule has 0 aliphatic heterocycles. The third kappa shape index (κ3) is 6.45. The molecule has 178 valence electrons. The van der Waals surface area contributed by atoms with Gasteiger partial charge in [-0.15, -0.1) is 0 Å². The molecule has 1 unspecified atom stereocenters. The second-order valence-electron chi connectivity index (χ2n) is 7.87. The first kappa shape index (κ1) is 24.0. The summed E-state index contributed by atoms with van der Waals surface area (Å²) in [5, 5.41) is 2.94. The molecule has 0 spiro atoms. The molecule has 1 aromatic heterocycles. The molecule has 8 heteroatoms. The maximum absolute atomic E-state index is 12.8. The van der Waals surface area contributed by atoms with Crippen LogP contribution in [0.15, 0.2) is 108 Å². The zero-order chi connectivity index (χ0) is 24.7. The second-order valence-corrected chi connectivity index (χ2v) is 9.56. The number of carbonyl (C=O) groups is 1. The molecule has 0 aliphatic rings. The minimum atomic E-state index is -3.75. The molecule has 1 atom stereocenters. The van der Waals surface area contributed by atoms with Gasteiger partial charge in [-0.25, -0.2) is 8.42 Å². The number of carbonyl (C=O) groups excluding carboxylic acids is 1. The monoisotopic (exact) mass is 487 g/mol. The molecule has 4 aromatic rings. The molecule has 1 heterocycles. The van der Waals surface area contributed by atoms with Gasteiger partial charge in [-0.05, 0) is 73.2 Å². The highest BCUT2D eigenvalue weighted by molar-refractivity contribution is 7.92. The van der Waals surface area contributed by atoms with Crippen molar-refractivity contribution in [3.05, 3.63) is 120 Å². The number of amides is 1. The van der Waals surface area contributed by atoms with E-state index >= 15 is 0 Å². The van der Waals surface area contributed by atoms with E-state index in [1.807, 2.05) is 49.4 Å². The highest BCUT2D eigenvalue weighted by Gasteiger charge is 2.16. The van der Waals surface area contributed by atoms with E-state index in [-0.39, 0.29) is 16.8 Å². The Morgan fingerprint density at radius 2 is 1.66 bits per heavy atom. The highest BCUT2D eigenvalue weighted by atomic mass is 32.2. The molecule has 4 rings (SSSR count). The summed E-state index contributed by atoms with van der Waals surface area (Å²) < 4.78 is 33.5. The average molecular weight is 488 g/mol. The molecule has 0 saturated carbocycles. The Morgan fingerprint density at radius 1 is 0.914 bits per heavy atom. The minimum absolute atomic E-state index is 0.0729. The van der Waals surface area contributed by atoms with Gasteiger partial charge in [0.05, 0.1) is 16.6 Å². The van der Waals surface area contributed by atoms with E-state index in [2.05, 4.69) is 15.0 Å². The van der Waals surface area contributed by atoms with Crippen LogP contribution in [-0.4, -0.2) is 19.3 Å². The van der Waals surface area contributed by atoms with Crippen LogP contribution in [0.5, 0.6) is 5.75 Å². The van der Waals surface area contributed by atoms with E-state index in [0.717, 1.165) is 11.3 Å². The lowest BCUT2D eigenvalue weighted by Crippen LogP contribution is -2.26. The first-order chi connectivity index (χ1) is 16.9. The normalized spacial score (nSPS) is 11.9. The molecule has 1 amide bonds. The smallest absolute Gasteiger partial charge is 0.261 e. The van der Waals surface area contributed by atoms with Crippen molar-refractivity contribution in [3.8, 4) is 5.75 Å². The van der Waals surface area contributed by atoms with Gasteiger partial charge in [-0.2, -0.15) is 0 Å². The van der Waals surface area contributed by atoms with E-state index in [0.29, 0.717) is 23.6 Å². The summed E-state index contributed by atoms with van der Waals surface area (Å²) in [5.41, 5.74) is 2.53. The molecule has 2 N–H and O–H groups in total. The number of nitrogens with zero attached hydrogens (tertiary/aromatic N) is 1. The van der Waals surface area contributed by atoms with Crippen LogP contribution < -0.4 is 14.8 Å². The Bertz CT molecular complexity index is 1380. The van der Waals surface area contributed by atoms with E-state index in [9.17, 15) is 13.2 Å². The van der Waals surface area contributed by atoms with Crippen LogP contribution in [0.4, 0.5) is 5.69 Å². The van der Waals surface area contributed by atoms with Gasteiger partial charge in [0, 0.05) is 17.4 Å². The van der Waals surface area contributed by atoms with Crippen LogP contribution in [0.25, 0.3) is 0 Å². The van der Waals surface area contributed by atoms with Crippen LogP contribution in [0.1, 0.15) is 34.6 Å². The lowest BCUT2D eigenvalue weighted by Gasteiger charge is -2.16. The predicted octanol–water partition coefficient (Wildman–Crippen LogP) is 4.95. The SMILES string of the molecule is CC(NC(=O)c1ccc(S(=O)(=O)Nc2ccccc2)cc1)c1cccc(OCc2ccccn2)c1. The zero-order valence-electron chi connectivity index (χ0n) is 19.1. The van der Waals surface area contributed by atoms with Crippen molar-refractivity contribution < 1.29 is 17.9 Å². The number of nitrogens with one attached hydrogen (secondary N) is 2. The van der Waals surface area contributed by atoms with Crippen LogP contribution in [0, 0.1) is 0 Å². The molecule has 0 radical (unpaired) electrons. The van der Waals surface area contributed by atoms with Crippen molar-refractivity contribution in [2.24, 2.45) is 0 Å². The Balaban J connectivity index is 1.38. The van der Waals surface area contributed by atoms with Crippen molar-refractivity contribution in [1.82, 2.24) is 10.3 Å².